The maximum Gasteiger partial charge on any atom is 0.239 e. The number of rotatable bonds is 8. The lowest BCUT2D eigenvalue weighted by Crippen LogP contribution is -2.45. The minimum Gasteiger partial charge on any atom is -0.491 e. The molecule has 2 heterocycles. The smallest absolute Gasteiger partial charge is 0.239 e. The van der Waals surface area contributed by atoms with E-state index >= 15 is 0 Å². The van der Waals surface area contributed by atoms with Crippen LogP contribution >= 0.6 is 0 Å². The van der Waals surface area contributed by atoms with Crippen molar-refractivity contribution >= 4 is 11.7 Å². The van der Waals surface area contributed by atoms with E-state index in [1.807, 2.05) is 39.6 Å². The molecule has 2 aromatic heterocycles. The Bertz CT molecular complexity index is 926. The molecule has 3 rings (SSSR count). The van der Waals surface area contributed by atoms with E-state index < -0.39 is 6.10 Å². The Labute approximate surface area is 184 Å². The molecule has 168 valence electrons. The molecule has 31 heavy (non-hydrogen) atoms. The van der Waals surface area contributed by atoms with Crippen molar-refractivity contribution in [1.82, 2.24) is 20.3 Å². The van der Waals surface area contributed by atoms with Crippen LogP contribution in [0.5, 0.6) is 5.75 Å². The minimum atomic E-state index is -0.507. The number of ether oxygens (including phenoxy) is 1. The number of carbonyl (C=O) groups is 1. The number of aryl methyl sites for hydroxylation is 1. The molecule has 2 N–H and O–H groups in total. The monoisotopic (exact) mass is 427 g/mol. The van der Waals surface area contributed by atoms with Crippen molar-refractivity contribution in [1.29, 1.82) is 0 Å². The molecule has 1 aliphatic carbocycles. The molecule has 1 unspecified atom stereocenters. The quantitative estimate of drug-likeness (QED) is 0.668. The van der Waals surface area contributed by atoms with Crippen LogP contribution in [0, 0.1) is 0 Å². The highest BCUT2D eigenvalue weighted by Gasteiger charge is 2.24. The number of pyridine rings is 1. The molecule has 0 spiro atoms. The van der Waals surface area contributed by atoms with Gasteiger partial charge in [-0.2, -0.15) is 0 Å². The van der Waals surface area contributed by atoms with Gasteiger partial charge in [-0.05, 0) is 52.5 Å². The van der Waals surface area contributed by atoms with Gasteiger partial charge in [0.1, 0.15) is 23.9 Å². The first kappa shape index (κ1) is 22.9. The van der Waals surface area contributed by atoms with Gasteiger partial charge in [0, 0.05) is 36.1 Å². The number of aromatic nitrogens is 3. The van der Waals surface area contributed by atoms with Gasteiger partial charge in [-0.1, -0.05) is 6.92 Å². The highest BCUT2D eigenvalue weighted by Crippen LogP contribution is 2.31. The molecule has 0 aliphatic heterocycles. The number of carbonyl (C=O) groups excluding carboxylic acids is 1. The van der Waals surface area contributed by atoms with Crippen LogP contribution in [0.2, 0.25) is 0 Å². The van der Waals surface area contributed by atoms with Crippen LogP contribution in [0.25, 0.3) is 11.5 Å². The average Bonchev–Trinajstić information content (AvgIpc) is 3.18. The first-order chi connectivity index (χ1) is 14.7. The van der Waals surface area contributed by atoms with Crippen LogP contribution in [0.1, 0.15) is 51.8 Å². The SMILES string of the molecule is CCC(O)COc1ccnc(-c2nc3c(c(N(C)CC(=O)NC(C)(C)C)n2)CCC3)c1. The molecule has 0 bridgehead atoms. The number of nitrogens with zero attached hydrogens (tertiary/aromatic N) is 4. The van der Waals surface area contributed by atoms with E-state index in [1.54, 1.807) is 18.3 Å². The van der Waals surface area contributed by atoms with Gasteiger partial charge < -0.3 is 20.1 Å². The third-order valence-corrected chi connectivity index (χ3v) is 5.04. The number of likely N-dealkylation sites (N-methyl/N-ethyl adjacent to an activating group) is 1. The van der Waals surface area contributed by atoms with E-state index in [0.29, 0.717) is 23.7 Å². The fourth-order valence-electron chi connectivity index (χ4n) is 3.52. The minimum absolute atomic E-state index is 0.0510. The molecule has 0 fully saturated rings. The highest BCUT2D eigenvalue weighted by molar-refractivity contribution is 5.82. The predicted molar refractivity (Wildman–Crippen MR) is 120 cm³/mol. The molecule has 0 aromatic carbocycles. The zero-order chi connectivity index (χ0) is 22.6. The van der Waals surface area contributed by atoms with Crippen molar-refractivity contribution in [3.63, 3.8) is 0 Å². The third-order valence-electron chi connectivity index (χ3n) is 5.04. The number of amides is 1. The number of aliphatic hydroxyl groups excluding tert-OH is 1. The van der Waals surface area contributed by atoms with Crippen molar-refractivity contribution in [2.45, 2.75) is 65.0 Å². The van der Waals surface area contributed by atoms with Gasteiger partial charge >= 0.3 is 0 Å². The molecule has 1 atom stereocenters. The standard InChI is InChI=1S/C23H33N5O3/c1-6-15(29)14-31-16-10-11-24-19(12-16)21-25-18-9-7-8-17(18)22(26-21)28(5)13-20(30)27-23(2,3)4/h10-12,15,29H,6-9,13-14H2,1-5H3,(H,27,30). The lowest BCUT2D eigenvalue weighted by Gasteiger charge is -2.25. The largest absolute Gasteiger partial charge is 0.491 e. The van der Waals surface area contributed by atoms with Gasteiger partial charge in [0.15, 0.2) is 5.82 Å². The van der Waals surface area contributed by atoms with E-state index in [4.69, 9.17) is 14.7 Å². The van der Waals surface area contributed by atoms with Crippen LogP contribution in [-0.2, 0) is 17.6 Å². The summed E-state index contributed by atoms with van der Waals surface area (Å²) in [5, 5.41) is 12.7. The van der Waals surface area contributed by atoms with Crippen molar-refractivity contribution in [2.24, 2.45) is 0 Å². The number of hydrogen-bond acceptors (Lipinski definition) is 7. The van der Waals surface area contributed by atoms with Crippen LogP contribution in [0.4, 0.5) is 5.82 Å². The maximum atomic E-state index is 12.4. The summed E-state index contributed by atoms with van der Waals surface area (Å²) in [6.07, 6.45) is 4.59. The number of hydrogen-bond donors (Lipinski definition) is 2. The van der Waals surface area contributed by atoms with Gasteiger partial charge in [-0.3, -0.25) is 9.78 Å². The summed E-state index contributed by atoms with van der Waals surface area (Å²) in [6.45, 7) is 8.24. The predicted octanol–water partition coefficient (Wildman–Crippen LogP) is 2.53. The molecule has 1 amide bonds. The molecule has 0 saturated heterocycles. The molecule has 8 heteroatoms. The Kier molecular flexibility index (Phi) is 7.10. The van der Waals surface area contributed by atoms with E-state index in [0.717, 1.165) is 36.3 Å². The summed E-state index contributed by atoms with van der Waals surface area (Å²) in [4.78, 5) is 28.3. The first-order valence-electron chi connectivity index (χ1n) is 10.9. The molecular weight excluding hydrogens is 394 g/mol. The zero-order valence-corrected chi connectivity index (χ0v) is 19.1. The Balaban J connectivity index is 1.86. The van der Waals surface area contributed by atoms with Gasteiger partial charge in [0.05, 0.1) is 12.6 Å². The summed E-state index contributed by atoms with van der Waals surface area (Å²) >= 11 is 0. The van der Waals surface area contributed by atoms with Crippen LogP contribution in [-0.4, -0.2) is 57.8 Å². The Morgan fingerprint density at radius 1 is 1.32 bits per heavy atom. The van der Waals surface area contributed by atoms with E-state index in [2.05, 4.69) is 10.3 Å². The second-order valence-corrected chi connectivity index (χ2v) is 9.05. The molecule has 8 nitrogen and oxygen atoms in total. The lowest BCUT2D eigenvalue weighted by molar-refractivity contribution is -0.121. The number of anilines is 1. The van der Waals surface area contributed by atoms with Crippen LogP contribution in [0.15, 0.2) is 18.3 Å². The van der Waals surface area contributed by atoms with E-state index in [1.165, 1.54) is 0 Å². The highest BCUT2D eigenvalue weighted by atomic mass is 16.5. The molecule has 0 saturated carbocycles. The van der Waals surface area contributed by atoms with Crippen LogP contribution in [0.3, 0.4) is 0 Å². The molecule has 1 aliphatic rings. The van der Waals surface area contributed by atoms with Gasteiger partial charge in [0.25, 0.3) is 0 Å². The Morgan fingerprint density at radius 2 is 2.10 bits per heavy atom. The van der Waals surface area contributed by atoms with Crippen molar-refractivity contribution in [3.8, 4) is 17.3 Å². The molecular formula is C23H33N5O3. The van der Waals surface area contributed by atoms with Crippen LogP contribution < -0.4 is 15.0 Å². The average molecular weight is 428 g/mol. The van der Waals surface area contributed by atoms with Gasteiger partial charge in [0.2, 0.25) is 5.91 Å². The summed E-state index contributed by atoms with van der Waals surface area (Å²) in [5.41, 5.74) is 2.43. The zero-order valence-electron chi connectivity index (χ0n) is 19.1. The van der Waals surface area contributed by atoms with Crippen molar-refractivity contribution in [2.75, 3.05) is 25.1 Å². The van der Waals surface area contributed by atoms with E-state index in [-0.39, 0.29) is 24.6 Å². The van der Waals surface area contributed by atoms with Gasteiger partial charge in [-0.15, -0.1) is 0 Å². The third kappa shape index (κ3) is 6.13. The number of aliphatic hydroxyl groups is 1. The first-order valence-corrected chi connectivity index (χ1v) is 10.9. The summed E-state index contributed by atoms with van der Waals surface area (Å²) < 4.78 is 5.68. The lowest BCUT2D eigenvalue weighted by atomic mass is 10.1. The molecule has 0 radical (unpaired) electrons. The topological polar surface area (TPSA) is 100 Å². The van der Waals surface area contributed by atoms with Crippen molar-refractivity contribution < 1.29 is 14.6 Å². The normalized spacial score (nSPS) is 14.1. The fraction of sp³-hybridized carbons (Fsp3) is 0.565. The second kappa shape index (κ2) is 9.60. The van der Waals surface area contributed by atoms with Gasteiger partial charge in [-0.25, -0.2) is 9.97 Å². The molecule has 2 aromatic rings. The summed E-state index contributed by atoms with van der Waals surface area (Å²) in [6, 6.07) is 3.54. The van der Waals surface area contributed by atoms with E-state index in [9.17, 15) is 9.90 Å². The summed E-state index contributed by atoms with van der Waals surface area (Å²) in [5.74, 6) is 1.85. The number of fused-ring (bicyclic) bond motifs is 1. The second-order valence-electron chi connectivity index (χ2n) is 9.05. The maximum absolute atomic E-state index is 12.4. The number of nitrogens with one attached hydrogen (secondary N) is 1. The summed E-state index contributed by atoms with van der Waals surface area (Å²) in [7, 11) is 1.88. The Morgan fingerprint density at radius 3 is 2.81 bits per heavy atom. The Hall–Kier alpha value is -2.74. The van der Waals surface area contributed by atoms with Crippen molar-refractivity contribution in [3.05, 3.63) is 29.6 Å². The fourth-order valence-corrected chi connectivity index (χ4v) is 3.52.